The third-order valence-corrected chi connectivity index (χ3v) is 3.78. The molecule has 2 N–H and O–H groups in total. The topological polar surface area (TPSA) is 70.1 Å². The van der Waals surface area contributed by atoms with Gasteiger partial charge in [-0.3, -0.25) is 4.79 Å². The van der Waals surface area contributed by atoms with E-state index in [0.29, 0.717) is 17.5 Å². The molecule has 1 aliphatic carbocycles. The Hall–Kier alpha value is -1.93. The molecular formula is C15H18FN3O. The summed E-state index contributed by atoms with van der Waals surface area (Å²) in [6, 6.07) is 6.24. The minimum absolute atomic E-state index is 0.000268. The van der Waals surface area contributed by atoms with Crippen LogP contribution >= 0.6 is 0 Å². The van der Waals surface area contributed by atoms with Crippen LogP contribution in [0, 0.1) is 23.1 Å². The van der Waals surface area contributed by atoms with E-state index in [1.807, 2.05) is 6.07 Å². The lowest BCUT2D eigenvalue weighted by molar-refractivity contribution is -0.134. The molecule has 1 aliphatic rings. The quantitative estimate of drug-likeness (QED) is 0.914. The predicted molar refractivity (Wildman–Crippen MR) is 72.9 cm³/mol. The summed E-state index contributed by atoms with van der Waals surface area (Å²) < 4.78 is 13.7. The van der Waals surface area contributed by atoms with E-state index in [1.165, 1.54) is 23.1 Å². The third kappa shape index (κ3) is 3.14. The summed E-state index contributed by atoms with van der Waals surface area (Å²) in [6.07, 6.45) is 2.36. The zero-order chi connectivity index (χ0) is 14.7. The van der Waals surface area contributed by atoms with Crippen LogP contribution in [0.2, 0.25) is 0 Å². The number of halogens is 1. The molecule has 5 heteroatoms. The average molecular weight is 275 g/mol. The maximum atomic E-state index is 13.7. The standard InChI is InChI=1S/C15H18FN3O/c1-19(15(20)11-3-4-13(18)7-11)9-12-6-10(8-17)2-5-14(12)16/h2,5-6,11,13H,3-4,7,9,18H2,1H3. The number of rotatable bonds is 3. The van der Waals surface area contributed by atoms with E-state index in [4.69, 9.17) is 11.0 Å². The van der Waals surface area contributed by atoms with E-state index in [-0.39, 0.29) is 24.4 Å². The molecule has 1 fully saturated rings. The van der Waals surface area contributed by atoms with Crippen molar-refractivity contribution in [3.05, 3.63) is 35.1 Å². The van der Waals surface area contributed by atoms with Gasteiger partial charge in [-0.2, -0.15) is 5.26 Å². The molecule has 1 aromatic carbocycles. The van der Waals surface area contributed by atoms with Gasteiger partial charge < -0.3 is 10.6 Å². The van der Waals surface area contributed by atoms with Crippen molar-refractivity contribution in [1.29, 1.82) is 5.26 Å². The van der Waals surface area contributed by atoms with Gasteiger partial charge in [0.2, 0.25) is 5.91 Å². The Morgan fingerprint density at radius 2 is 2.30 bits per heavy atom. The Morgan fingerprint density at radius 1 is 1.55 bits per heavy atom. The van der Waals surface area contributed by atoms with E-state index in [9.17, 15) is 9.18 Å². The van der Waals surface area contributed by atoms with Crippen LogP contribution in [0.25, 0.3) is 0 Å². The first-order chi connectivity index (χ1) is 9.51. The van der Waals surface area contributed by atoms with Gasteiger partial charge in [-0.05, 0) is 37.5 Å². The maximum absolute atomic E-state index is 13.7. The molecule has 2 rings (SSSR count). The first-order valence-corrected chi connectivity index (χ1v) is 6.70. The van der Waals surface area contributed by atoms with Gasteiger partial charge in [0.1, 0.15) is 5.82 Å². The average Bonchev–Trinajstić information content (AvgIpc) is 2.87. The number of hydrogen-bond donors (Lipinski definition) is 1. The van der Waals surface area contributed by atoms with E-state index < -0.39 is 5.82 Å². The van der Waals surface area contributed by atoms with Crippen LogP contribution in [0.15, 0.2) is 18.2 Å². The number of carbonyl (C=O) groups excluding carboxylic acids is 1. The molecular weight excluding hydrogens is 257 g/mol. The largest absolute Gasteiger partial charge is 0.341 e. The molecule has 0 heterocycles. The first-order valence-electron chi connectivity index (χ1n) is 6.70. The van der Waals surface area contributed by atoms with Crippen LogP contribution in [0.5, 0.6) is 0 Å². The lowest BCUT2D eigenvalue weighted by atomic mass is 10.1. The molecule has 2 unspecified atom stereocenters. The molecule has 4 nitrogen and oxygen atoms in total. The van der Waals surface area contributed by atoms with Crippen LogP contribution < -0.4 is 5.73 Å². The number of hydrogen-bond acceptors (Lipinski definition) is 3. The first kappa shape index (κ1) is 14.5. The minimum Gasteiger partial charge on any atom is -0.341 e. The smallest absolute Gasteiger partial charge is 0.225 e. The van der Waals surface area contributed by atoms with Crippen molar-refractivity contribution in [3.63, 3.8) is 0 Å². The molecule has 1 saturated carbocycles. The Kier molecular flexibility index (Phi) is 4.35. The fourth-order valence-electron chi connectivity index (χ4n) is 2.65. The summed E-state index contributed by atoms with van der Waals surface area (Å²) in [5.74, 6) is -0.455. The van der Waals surface area contributed by atoms with Crippen LogP contribution in [0.3, 0.4) is 0 Å². The van der Waals surface area contributed by atoms with Gasteiger partial charge in [-0.25, -0.2) is 4.39 Å². The highest BCUT2D eigenvalue weighted by Gasteiger charge is 2.29. The van der Waals surface area contributed by atoms with Crippen molar-refractivity contribution in [3.8, 4) is 6.07 Å². The predicted octanol–water partition coefficient (Wildman–Crippen LogP) is 1.78. The van der Waals surface area contributed by atoms with Gasteiger partial charge in [0, 0.05) is 31.1 Å². The van der Waals surface area contributed by atoms with Gasteiger partial charge in [0.15, 0.2) is 0 Å². The second kappa shape index (κ2) is 6.02. The number of nitriles is 1. The third-order valence-electron chi connectivity index (χ3n) is 3.78. The Bertz CT molecular complexity index is 553. The monoisotopic (exact) mass is 275 g/mol. The van der Waals surface area contributed by atoms with Gasteiger partial charge in [0.25, 0.3) is 0 Å². The normalized spacial score (nSPS) is 21.5. The molecule has 1 amide bonds. The van der Waals surface area contributed by atoms with Crippen LogP contribution in [0.4, 0.5) is 4.39 Å². The van der Waals surface area contributed by atoms with Gasteiger partial charge in [-0.1, -0.05) is 0 Å². The van der Waals surface area contributed by atoms with Crippen LogP contribution in [0.1, 0.15) is 30.4 Å². The summed E-state index contributed by atoms with van der Waals surface area (Å²) >= 11 is 0. The summed E-state index contributed by atoms with van der Waals surface area (Å²) in [5, 5.41) is 8.83. The number of nitrogens with zero attached hydrogens (tertiary/aromatic N) is 2. The number of nitrogens with two attached hydrogens (primary N) is 1. The molecule has 2 atom stereocenters. The summed E-state index contributed by atoms with van der Waals surface area (Å²) in [6.45, 7) is 0.173. The zero-order valence-corrected chi connectivity index (χ0v) is 11.5. The van der Waals surface area contributed by atoms with E-state index >= 15 is 0 Å². The summed E-state index contributed by atoms with van der Waals surface area (Å²) in [7, 11) is 1.66. The van der Waals surface area contributed by atoms with Crippen molar-refractivity contribution < 1.29 is 9.18 Å². The SMILES string of the molecule is CN(Cc1cc(C#N)ccc1F)C(=O)C1CCC(N)C1. The van der Waals surface area contributed by atoms with Crippen LogP contribution in [-0.4, -0.2) is 23.9 Å². The van der Waals surface area contributed by atoms with E-state index in [2.05, 4.69) is 0 Å². The molecule has 20 heavy (non-hydrogen) atoms. The number of amides is 1. The second-order valence-corrected chi connectivity index (χ2v) is 5.38. The number of benzene rings is 1. The second-order valence-electron chi connectivity index (χ2n) is 5.38. The lowest BCUT2D eigenvalue weighted by Gasteiger charge is -2.21. The summed E-state index contributed by atoms with van der Waals surface area (Å²) in [4.78, 5) is 13.8. The molecule has 0 aromatic heterocycles. The van der Waals surface area contributed by atoms with Crippen molar-refractivity contribution in [2.24, 2.45) is 11.7 Å². The fourth-order valence-corrected chi connectivity index (χ4v) is 2.65. The van der Waals surface area contributed by atoms with Crippen molar-refractivity contribution in [1.82, 2.24) is 4.90 Å². The fraction of sp³-hybridized carbons (Fsp3) is 0.467. The molecule has 0 saturated heterocycles. The van der Waals surface area contributed by atoms with E-state index in [1.54, 1.807) is 7.05 Å². The molecule has 0 bridgehead atoms. The molecule has 1 aromatic rings. The molecule has 0 radical (unpaired) electrons. The Morgan fingerprint density at radius 3 is 2.90 bits per heavy atom. The maximum Gasteiger partial charge on any atom is 0.225 e. The van der Waals surface area contributed by atoms with Gasteiger partial charge >= 0.3 is 0 Å². The van der Waals surface area contributed by atoms with Gasteiger partial charge in [0.05, 0.1) is 11.6 Å². The van der Waals surface area contributed by atoms with Gasteiger partial charge in [-0.15, -0.1) is 0 Å². The van der Waals surface area contributed by atoms with Crippen molar-refractivity contribution >= 4 is 5.91 Å². The Labute approximate surface area is 118 Å². The highest BCUT2D eigenvalue weighted by atomic mass is 19.1. The number of carbonyl (C=O) groups is 1. The summed E-state index contributed by atoms with van der Waals surface area (Å²) in [5.41, 5.74) is 6.57. The molecule has 106 valence electrons. The minimum atomic E-state index is -0.397. The lowest BCUT2D eigenvalue weighted by Crippen LogP contribution is -2.32. The van der Waals surface area contributed by atoms with Crippen molar-refractivity contribution in [2.45, 2.75) is 31.8 Å². The highest BCUT2D eigenvalue weighted by molar-refractivity contribution is 5.79. The highest BCUT2D eigenvalue weighted by Crippen LogP contribution is 2.26. The molecule has 0 spiro atoms. The van der Waals surface area contributed by atoms with E-state index in [0.717, 1.165) is 12.8 Å². The Balaban J connectivity index is 2.06. The molecule has 0 aliphatic heterocycles. The zero-order valence-electron chi connectivity index (χ0n) is 11.5. The van der Waals surface area contributed by atoms with Crippen molar-refractivity contribution in [2.75, 3.05) is 7.05 Å². The van der Waals surface area contributed by atoms with Crippen LogP contribution in [-0.2, 0) is 11.3 Å².